The van der Waals surface area contributed by atoms with Crippen LogP contribution in [0, 0.1) is 0 Å². The zero-order chi connectivity index (χ0) is 13.8. The molecule has 0 radical (unpaired) electrons. The van der Waals surface area contributed by atoms with E-state index in [-0.39, 0.29) is 0 Å². The third kappa shape index (κ3) is 3.50. The molecule has 0 fully saturated rings. The first-order chi connectivity index (χ1) is 9.10. The van der Waals surface area contributed by atoms with Crippen molar-refractivity contribution >= 4 is 51.7 Å². The van der Waals surface area contributed by atoms with Gasteiger partial charge < -0.3 is 10.5 Å². The van der Waals surface area contributed by atoms with Gasteiger partial charge >= 0.3 is 0 Å². The molecule has 1 heterocycles. The lowest BCUT2D eigenvalue weighted by molar-refractivity contribution is 0.414. The first-order valence-electron chi connectivity index (χ1n) is 5.13. The van der Waals surface area contributed by atoms with Gasteiger partial charge in [0, 0.05) is 10.4 Å². The quantitative estimate of drug-likeness (QED) is 0.669. The Bertz CT molecular complexity index is 615. The molecule has 0 aliphatic rings. The summed E-state index contributed by atoms with van der Waals surface area (Å²) in [6.45, 7) is 0. The molecule has 0 saturated heterocycles. The maximum Gasteiger partial charge on any atom is 0.205 e. The normalized spacial score (nSPS) is 10.9. The third-order valence-corrected chi connectivity index (χ3v) is 3.45. The molecule has 3 N–H and O–H groups in total. The minimum absolute atomic E-state index is 0.449. The number of nitrogens with zero attached hydrogens (tertiary/aromatic N) is 2. The van der Waals surface area contributed by atoms with E-state index in [1.54, 1.807) is 17.5 Å². The SMILES string of the molecule is COc1cc(Cl)cc(Cl)c1C=NNc1nc(N)cs1. The Hall–Kier alpha value is -1.50. The van der Waals surface area contributed by atoms with Gasteiger partial charge in [0.1, 0.15) is 11.6 Å². The predicted octanol–water partition coefficient (Wildman–Crippen LogP) is 3.49. The van der Waals surface area contributed by atoms with Crippen molar-refractivity contribution < 1.29 is 4.74 Å². The number of aromatic nitrogens is 1. The van der Waals surface area contributed by atoms with Crippen molar-refractivity contribution in [2.75, 3.05) is 18.3 Å². The number of hydrogen-bond donors (Lipinski definition) is 2. The molecule has 0 spiro atoms. The van der Waals surface area contributed by atoms with Crippen LogP contribution in [0.25, 0.3) is 0 Å². The summed E-state index contributed by atoms with van der Waals surface area (Å²) in [5, 5.41) is 7.30. The number of ether oxygens (including phenoxy) is 1. The minimum atomic E-state index is 0.449. The van der Waals surface area contributed by atoms with E-state index < -0.39 is 0 Å². The Labute approximate surface area is 124 Å². The lowest BCUT2D eigenvalue weighted by Crippen LogP contribution is -1.95. The number of nitrogens with two attached hydrogens (primary N) is 1. The summed E-state index contributed by atoms with van der Waals surface area (Å²) in [5.74, 6) is 0.992. The summed E-state index contributed by atoms with van der Waals surface area (Å²) >= 11 is 13.3. The van der Waals surface area contributed by atoms with Gasteiger partial charge in [0.15, 0.2) is 0 Å². The van der Waals surface area contributed by atoms with Crippen molar-refractivity contribution in [3.05, 3.63) is 33.1 Å². The molecular weight excluding hydrogens is 307 g/mol. The number of nitrogens with one attached hydrogen (secondary N) is 1. The highest BCUT2D eigenvalue weighted by molar-refractivity contribution is 7.14. The summed E-state index contributed by atoms with van der Waals surface area (Å²) < 4.78 is 5.19. The van der Waals surface area contributed by atoms with Crippen molar-refractivity contribution in [3.8, 4) is 5.75 Å². The molecule has 8 heteroatoms. The van der Waals surface area contributed by atoms with Gasteiger partial charge in [-0.05, 0) is 12.1 Å². The topological polar surface area (TPSA) is 72.5 Å². The average Bonchev–Trinajstić information content (AvgIpc) is 2.77. The Morgan fingerprint density at radius 3 is 2.89 bits per heavy atom. The highest BCUT2D eigenvalue weighted by Crippen LogP contribution is 2.29. The van der Waals surface area contributed by atoms with Crippen LogP contribution in [-0.4, -0.2) is 18.3 Å². The van der Waals surface area contributed by atoms with E-state index in [1.807, 2.05) is 0 Å². The zero-order valence-corrected chi connectivity index (χ0v) is 12.2. The van der Waals surface area contributed by atoms with E-state index >= 15 is 0 Å². The van der Waals surface area contributed by atoms with Crippen molar-refractivity contribution in [3.63, 3.8) is 0 Å². The van der Waals surface area contributed by atoms with Crippen LogP contribution in [0.4, 0.5) is 10.9 Å². The molecule has 0 bridgehead atoms. The van der Waals surface area contributed by atoms with Crippen LogP contribution in [-0.2, 0) is 0 Å². The molecule has 5 nitrogen and oxygen atoms in total. The predicted molar refractivity (Wildman–Crippen MR) is 80.8 cm³/mol. The van der Waals surface area contributed by atoms with Gasteiger partial charge in [-0.3, -0.25) is 5.43 Å². The Morgan fingerprint density at radius 2 is 2.26 bits per heavy atom. The van der Waals surface area contributed by atoms with E-state index in [1.165, 1.54) is 24.7 Å². The molecule has 1 aromatic carbocycles. The molecule has 19 heavy (non-hydrogen) atoms. The number of thiazole rings is 1. The van der Waals surface area contributed by atoms with Gasteiger partial charge in [-0.1, -0.05) is 23.2 Å². The maximum atomic E-state index is 6.08. The third-order valence-electron chi connectivity index (χ3n) is 2.15. The number of benzene rings is 1. The molecule has 0 aliphatic carbocycles. The monoisotopic (exact) mass is 316 g/mol. The minimum Gasteiger partial charge on any atom is -0.496 e. The largest absolute Gasteiger partial charge is 0.496 e. The number of halogens is 2. The molecule has 2 rings (SSSR count). The molecule has 1 aromatic heterocycles. The highest BCUT2D eigenvalue weighted by atomic mass is 35.5. The molecule has 0 atom stereocenters. The van der Waals surface area contributed by atoms with E-state index in [2.05, 4.69) is 15.5 Å². The summed E-state index contributed by atoms with van der Waals surface area (Å²) in [6, 6.07) is 3.28. The smallest absolute Gasteiger partial charge is 0.205 e. The number of hydrazone groups is 1. The fraction of sp³-hybridized carbons (Fsp3) is 0.0909. The van der Waals surface area contributed by atoms with E-state index in [9.17, 15) is 0 Å². The van der Waals surface area contributed by atoms with Gasteiger partial charge in [0.2, 0.25) is 5.13 Å². The number of rotatable bonds is 4. The second kappa shape index (κ2) is 6.10. The average molecular weight is 317 g/mol. The van der Waals surface area contributed by atoms with Crippen LogP contribution in [0.1, 0.15) is 5.56 Å². The first-order valence-corrected chi connectivity index (χ1v) is 6.77. The zero-order valence-electron chi connectivity index (χ0n) is 9.85. The van der Waals surface area contributed by atoms with Gasteiger partial charge in [-0.25, -0.2) is 4.98 Å². The van der Waals surface area contributed by atoms with Gasteiger partial charge in [-0.15, -0.1) is 11.3 Å². The lowest BCUT2D eigenvalue weighted by atomic mass is 10.2. The maximum absolute atomic E-state index is 6.08. The van der Waals surface area contributed by atoms with Crippen LogP contribution in [0.2, 0.25) is 10.0 Å². The standard InChI is InChI=1S/C11H10Cl2N4OS/c1-18-9-3-6(12)2-8(13)7(9)4-15-17-11-16-10(14)5-19-11/h2-5H,14H2,1H3,(H,16,17). The van der Waals surface area contributed by atoms with Crippen LogP contribution in [0.3, 0.4) is 0 Å². The number of anilines is 2. The van der Waals surface area contributed by atoms with Crippen LogP contribution < -0.4 is 15.9 Å². The van der Waals surface area contributed by atoms with Crippen molar-refractivity contribution in [1.29, 1.82) is 0 Å². The molecular formula is C11H10Cl2N4OS. The second-order valence-corrected chi connectivity index (χ2v) is 5.15. The van der Waals surface area contributed by atoms with E-state index in [0.29, 0.717) is 32.3 Å². The molecule has 0 aliphatic heterocycles. The van der Waals surface area contributed by atoms with Crippen molar-refractivity contribution in [1.82, 2.24) is 4.98 Å². The van der Waals surface area contributed by atoms with E-state index in [0.717, 1.165) is 0 Å². The Morgan fingerprint density at radius 1 is 1.47 bits per heavy atom. The van der Waals surface area contributed by atoms with Crippen molar-refractivity contribution in [2.24, 2.45) is 5.10 Å². The fourth-order valence-corrected chi connectivity index (χ4v) is 2.42. The molecule has 0 amide bonds. The Balaban J connectivity index is 2.18. The van der Waals surface area contributed by atoms with Gasteiger partial charge in [0.05, 0.1) is 23.9 Å². The van der Waals surface area contributed by atoms with Crippen LogP contribution in [0.15, 0.2) is 22.6 Å². The molecule has 2 aromatic rings. The van der Waals surface area contributed by atoms with Gasteiger partial charge in [0.25, 0.3) is 0 Å². The van der Waals surface area contributed by atoms with Crippen LogP contribution in [0.5, 0.6) is 5.75 Å². The summed E-state index contributed by atoms with van der Waals surface area (Å²) in [4.78, 5) is 4.01. The number of hydrogen-bond acceptors (Lipinski definition) is 6. The fourth-order valence-electron chi connectivity index (χ4n) is 1.34. The highest BCUT2D eigenvalue weighted by Gasteiger charge is 2.07. The first kappa shape index (κ1) is 13.9. The van der Waals surface area contributed by atoms with Crippen molar-refractivity contribution in [2.45, 2.75) is 0 Å². The summed E-state index contributed by atoms with van der Waals surface area (Å²) in [5.41, 5.74) is 8.89. The van der Waals surface area contributed by atoms with Gasteiger partial charge in [-0.2, -0.15) is 5.10 Å². The number of nitrogen functional groups attached to an aromatic ring is 1. The summed E-state index contributed by atoms with van der Waals surface area (Å²) in [6.07, 6.45) is 1.54. The Kier molecular flexibility index (Phi) is 4.47. The molecule has 0 saturated carbocycles. The second-order valence-electron chi connectivity index (χ2n) is 3.45. The lowest BCUT2D eigenvalue weighted by Gasteiger charge is -2.06. The molecule has 0 unspecified atom stereocenters. The number of methoxy groups -OCH3 is 1. The van der Waals surface area contributed by atoms with E-state index in [4.69, 9.17) is 33.7 Å². The molecule has 100 valence electrons. The summed E-state index contributed by atoms with van der Waals surface area (Å²) in [7, 11) is 1.54. The van der Waals surface area contributed by atoms with Crippen LogP contribution >= 0.6 is 34.5 Å².